The van der Waals surface area contributed by atoms with E-state index < -0.39 is 17.5 Å². The number of nitrogens with zero attached hydrogens (tertiary/aromatic N) is 2. The number of halogens is 2. The first-order chi connectivity index (χ1) is 15.4. The molecular formula is C24H19F2N3O3. The highest BCUT2D eigenvalue weighted by atomic mass is 19.1. The van der Waals surface area contributed by atoms with Crippen molar-refractivity contribution in [1.29, 1.82) is 0 Å². The molecule has 0 spiro atoms. The Morgan fingerprint density at radius 1 is 1.12 bits per heavy atom. The van der Waals surface area contributed by atoms with Crippen LogP contribution >= 0.6 is 0 Å². The van der Waals surface area contributed by atoms with Crippen LogP contribution in [-0.2, 0) is 6.61 Å². The van der Waals surface area contributed by atoms with Gasteiger partial charge in [-0.2, -0.15) is 0 Å². The Morgan fingerprint density at radius 2 is 1.91 bits per heavy atom. The average Bonchev–Trinajstić information content (AvgIpc) is 2.78. The molecule has 0 bridgehead atoms. The molecule has 0 aliphatic rings. The quantitative estimate of drug-likeness (QED) is 0.486. The number of para-hydroxylation sites is 1. The van der Waals surface area contributed by atoms with E-state index in [9.17, 15) is 18.7 Å². The number of aliphatic hydroxyl groups is 1. The molecule has 2 N–H and O–H groups in total. The molecule has 2 heterocycles. The number of amides is 1. The first-order valence-corrected chi connectivity index (χ1v) is 9.77. The third kappa shape index (κ3) is 4.13. The van der Waals surface area contributed by atoms with Crippen molar-refractivity contribution < 1.29 is 23.1 Å². The van der Waals surface area contributed by atoms with Crippen molar-refractivity contribution >= 4 is 28.3 Å². The third-order valence-electron chi connectivity index (χ3n) is 4.97. The lowest BCUT2D eigenvalue weighted by molar-refractivity contribution is 0.102. The number of nitrogens with one attached hydrogen (secondary N) is 1. The number of hydrogen-bond donors (Lipinski definition) is 2. The minimum absolute atomic E-state index is 0.0120. The van der Waals surface area contributed by atoms with Gasteiger partial charge in [-0.3, -0.25) is 9.78 Å². The highest BCUT2D eigenvalue weighted by Crippen LogP contribution is 2.23. The normalized spacial score (nSPS) is 11.7. The van der Waals surface area contributed by atoms with Gasteiger partial charge < -0.3 is 14.8 Å². The van der Waals surface area contributed by atoms with Crippen LogP contribution in [0.5, 0.6) is 0 Å². The lowest BCUT2D eigenvalue weighted by Crippen LogP contribution is -2.22. The summed E-state index contributed by atoms with van der Waals surface area (Å²) in [6, 6.07) is 11.6. The first-order valence-electron chi connectivity index (χ1n) is 9.77. The van der Waals surface area contributed by atoms with E-state index in [1.54, 1.807) is 32.0 Å². The molecule has 0 aliphatic carbocycles. The molecule has 0 atom stereocenters. The summed E-state index contributed by atoms with van der Waals surface area (Å²) in [5.41, 5.74) is 1.84. The summed E-state index contributed by atoms with van der Waals surface area (Å²) in [5.74, 6) is -1.73. The summed E-state index contributed by atoms with van der Waals surface area (Å²) in [5, 5.41) is 12.7. The number of hydrogen-bond acceptors (Lipinski definition) is 5. The van der Waals surface area contributed by atoms with Crippen molar-refractivity contribution in [3.8, 4) is 0 Å². The van der Waals surface area contributed by atoms with E-state index >= 15 is 0 Å². The summed E-state index contributed by atoms with van der Waals surface area (Å²) < 4.78 is 34.0. The number of aryl methyl sites for hydroxylation is 2. The van der Waals surface area contributed by atoms with E-state index in [1.807, 2.05) is 0 Å². The van der Waals surface area contributed by atoms with Gasteiger partial charge >= 0.3 is 0 Å². The maximum atomic E-state index is 14.1. The summed E-state index contributed by atoms with van der Waals surface area (Å²) in [6.07, 6.45) is 1.48. The minimum Gasteiger partial charge on any atom is -0.436 e. The number of pyridine rings is 1. The fourth-order valence-electron chi connectivity index (χ4n) is 3.18. The zero-order valence-electron chi connectivity index (χ0n) is 17.3. The number of aliphatic hydroxyl groups excluding tert-OH is 1. The highest BCUT2D eigenvalue weighted by molar-refractivity contribution is 6.05. The molecule has 162 valence electrons. The zero-order valence-corrected chi connectivity index (χ0v) is 17.3. The molecule has 0 saturated heterocycles. The van der Waals surface area contributed by atoms with Gasteiger partial charge in [-0.05, 0) is 49.7 Å². The van der Waals surface area contributed by atoms with Crippen molar-refractivity contribution in [2.24, 2.45) is 4.99 Å². The van der Waals surface area contributed by atoms with Gasteiger partial charge in [-0.15, -0.1) is 0 Å². The monoisotopic (exact) mass is 435 g/mol. The van der Waals surface area contributed by atoms with Crippen LogP contribution in [-0.4, -0.2) is 16.0 Å². The smallest absolute Gasteiger partial charge is 0.261 e. The van der Waals surface area contributed by atoms with E-state index in [0.29, 0.717) is 27.8 Å². The highest BCUT2D eigenvalue weighted by Gasteiger charge is 2.17. The number of rotatable bonds is 4. The Balaban J connectivity index is 1.94. The van der Waals surface area contributed by atoms with Crippen molar-refractivity contribution in [2.75, 3.05) is 5.32 Å². The van der Waals surface area contributed by atoms with Crippen molar-refractivity contribution in [1.82, 2.24) is 4.98 Å². The Hall–Kier alpha value is -3.91. The van der Waals surface area contributed by atoms with Crippen molar-refractivity contribution in [2.45, 2.75) is 20.5 Å². The van der Waals surface area contributed by atoms with Crippen LogP contribution in [0.25, 0.3) is 11.0 Å². The second kappa shape index (κ2) is 8.68. The Morgan fingerprint density at radius 3 is 2.62 bits per heavy atom. The molecule has 2 aromatic heterocycles. The number of carbonyl (C=O) groups is 1. The lowest BCUT2D eigenvalue weighted by atomic mass is 10.1. The first kappa shape index (κ1) is 21.3. The largest absolute Gasteiger partial charge is 0.436 e. The van der Waals surface area contributed by atoms with E-state index in [4.69, 9.17) is 4.42 Å². The number of aromatic nitrogens is 1. The van der Waals surface area contributed by atoms with Gasteiger partial charge in [0.15, 0.2) is 5.58 Å². The molecule has 0 saturated carbocycles. The van der Waals surface area contributed by atoms with Crippen LogP contribution in [0.4, 0.5) is 20.2 Å². The number of carbonyl (C=O) groups excluding carboxylic acids is 1. The van der Waals surface area contributed by atoms with Crippen LogP contribution in [0.3, 0.4) is 0 Å². The molecule has 8 heteroatoms. The molecule has 6 nitrogen and oxygen atoms in total. The molecule has 32 heavy (non-hydrogen) atoms. The number of anilines is 1. The zero-order chi connectivity index (χ0) is 22.8. The SMILES string of the molecule is Cc1ccc(N=c2oc3c(C)ncc(CO)c3cc2C(=O)Nc2ccccc2F)cc1F. The van der Waals surface area contributed by atoms with Gasteiger partial charge in [0.25, 0.3) is 5.91 Å². The van der Waals surface area contributed by atoms with E-state index in [-0.39, 0.29) is 29.1 Å². The van der Waals surface area contributed by atoms with Crippen LogP contribution in [0.2, 0.25) is 0 Å². The van der Waals surface area contributed by atoms with E-state index in [0.717, 1.165) is 0 Å². The molecule has 0 radical (unpaired) electrons. The van der Waals surface area contributed by atoms with E-state index in [1.165, 1.54) is 36.5 Å². The molecule has 4 rings (SSSR count). The molecule has 1 amide bonds. The maximum absolute atomic E-state index is 14.1. The third-order valence-corrected chi connectivity index (χ3v) is 4.97. The fraction of sp³-hybridized carbons (Fsp3) is 0.125. The molecule has 0 aliphatic heterocycles. The van der Waals surface area contributed by atoms with Gasteiger partial charge in [0.1, 0.15) is 17.2 Å². The van der Waals surface area contributed by atoms with Gasteiger partial charge in [-0.1, -0.05) is 18.2 Å². The number of fused-ring (bicyclic) bond motifs is 1. The number of benzene rings is 2. The summed E-state index contributed by atoms with van der Waals surface area (Å²) in [4.78, 5) is 21.6. The predicted molar refractivity (Wildman–Crippen MR) is 115 cm³/mol. The lowest BCUT2D eigenvalue weighted by Gasteiger charge is -2.10. The Bertz CT molecular complexity index is 1410. The molecule has 0 unspecified atom stereocenters. The molecule has 4 aromatic rings. The van der Waals surface area contributed by atoms with Gasteiger partial charge in [-0.25, -0.2) is 13.8 Å². The van der Waals surface area contributed by atoms with Crippen LogP contribution in [0.15, 0.2) is 64.1 Å². The second-order valence-corrected chi connectivity index (χ2v) is 7.21. The topological polar surface area (TPSA) is 87.7 Å². The van der Waals surface area contributed by atoms with Crippen molar-refractivity contribution in [3.05, 3.63) is 94.3 Å². The molecular weight excluding hydrogens is 416 g/mol. The molecule has 2 aromatic carbocycles. The van der Waals surface area contributed by atoms with Gasteiger partial charge in [0.05, 0.1) is 23.7 Å². The maximum Gasteiger partial charge on any atom is 0.261 e. The predicted octanol–water partition coefficient (Wildman–Crippen LogP) is 4.70. The van der Waals surface area contributed by atoms with Crippen molar-refractivity contribution in [3.63, 3.8) is 0 Å². The van der Waals surface area contributed by atoms with Crippen LogP contribution in [0.1, 0.15) is 27.2 Å². The van der Waals surface area contributed by atoms with Gasteiger partial charge in [0.2, 0.25) is 5.55 Å². The minimum atomic E-state index is -0.676. The summed E-state index contributed by atoms with van der Waals surface area (Å²) >= 11 is 0. The summed E-state index contributed by atoms with van der Waals surface area (Å²) in [6.45, 7) is 3.01. The standard InChI is InChI=1S/C24H19F2N3O3/c1-13-7-8-16(9-20(13)26)28-24-18(23(31)29-21-6-4-3-5-19(21)25)10-17-15(12-30)11-27-14(2)22(17)32-24/h3-11,30H,12H2,1-2H3,(H,29,31). The van der Waals surface area contributed by atoms with E-state index in [2.05, 4.69) is 15.3 Å². The van der Waals surface area contributed by atoms with Crippen LogP contribution < -0.4 is 10.9 Å². The van der Waals surface area contributed by atoms with Crippen LogP contribution in [0, 0.1) is 25.5 Å². The Kier molecular flexibility index (Phi) is 5.79. The van der Waals surface area contributed by atoms with Gasteiger partial charge in [0, 0.05) is 17.1 Å². The average molecular weight is 435 g/mol. The Labute approximate surface area is 181 Å². The second-order valence-electron chi connectivity index (χ2n) is 7.21. The summed E-state index contributed by atoms with van der Waals surface area (Å²) in [7, 11) is 0. The molecule has 0 fully saturated rings. The fourth-order valence-corrected chi connectivity index (χ4v) is 3.18.